The number of anilines is 1. The average Bonchev–Trinajstić information content (AvgIpc) is 3.35. The zero-order valence-corrected chi connectivity index (χ0v) is 31.6. The van der Waals surface area contributed by atoms with Gasteiger partial charge in [-0.25, -0.2) is 0 Å². The fraction of sp³-hybridized carbons (Fsp3) is 0.750. The molecule has 1 N–H and O–H groups in total. The van der Waals surface area contributed by atoms with Gasteiger partial charge >= 0.3 is 5.97 Å². The molecule has 8 atom stereocenters. The zero-order chi connectivity index (χ0) is 34.5. The van der Waals surface area contributed by atoms with Crippen molar-refractivity contribution in [1.82, 2.24) is 5.32 Å². The Bertz CT molecular complexity index is 1260. The second kappa shape index (κ2) is 16.4. The first-order chi connectivity index (χ1) is 23.0. The standard InChI is InChI=1S/C40H60Cl2N2O4/c1-27(2)7-6-8-28(3)33-13-14-34-38-35(16-19-40(33,34)5)39(4)18-15-32(25-29(39)26-36(45)43-38)48-37(46)17-24-47-31-11-9-30(10-12-31)44(22-20-41)23-21-42/h9-12,26-28,32-35,38H,6-8,13-25H2,1-5H3,(H,43,45)/t28?,32-,33+,34-,35-,38-,39-,40+/m0/s1. The van der Waals surface area contributed by atoms with E-state index in [4.69, 9.17) is 32.7 Å². The minimum atomic E-state index is -0.250. The van der Waals surface area contributed by atoms with Crippen molar-refractivity contribution >= 4 is 40.8 Å². The lowest BCUT2D eigenvalue weighted by atomic mass is 9.51. The van der Waals surface area contributed by atoms with E-state index in [9.17, 15) is 9.59 Å². The molecule has 1 aliphatic heterocycles. The normalized spacial score (nSPS) is 31.9. The molecule has 8 heteroatoms. The maximum atomic E-state index is 13.5. The summed E-state index contributed by atoms with van der Waals surface area (Å²) in [5.41, 5.74) is 2.45. The monoisotopic (exact) mass is 702 g/mol. The number of rotatable bonds is 15. The molecule has 6 nitrogen and oxygen atoms in total. The van der Waals surface area contributed by atoms with Crippen LogP contribution in [0.25, 0.3) is 0 Å². The Balaban J connectivity index is 1.14. The van der Waals surface area contributed by atoms with Crippen LogP contribution in [0.5, 0.6) is 5.75 Å². The molecule has 4 aliphatic rings. The molecule has 1 amide bonds. The zero-order valence-electron chi connectivity index (χ0n) is 30.1. The van der Waals surface area contributed by atoms with Gasteiger partial charge in [0.25, 0.3) is 0 Å². The summed E-state index contributed by atoms with van der Waals surface area (Å²) in [6.07, 6.45) is 13.1. The highest BCUT2D eigenvalue weighted by Crippen LogP contribution is 2.63. The first kappa shape index (κ1) is 37.3. The number of esters is 1. The molecule has 1 aromatic rings. The quantitative estimate of drug-likeness (QED) is 0.146. The molecular weight excluding hydrogens is 643 g/mol. The SMILES string of the molecule is CC(C)CCCC(C)[C@H]1CC[C@H]2[C@@H]3NC(=O)C=C4C[C@@H](OC(=O)CCOc5ccc(N(CCCl)CCCl)cc5)CC[C@]4(C)[C@H]3CC[C@]12C. The highest BCUT2D eigenvalue weighted by atomic mass is 35.5. The maximum Gasteiger partial charge on any atom is 0.309 e. The maximum absolute atomic E-state index is 13.5. The smallest absolute Gasteiger partial charge is 0.309 e. The summed E-state index contributed by atoms with van der Waals surface area (Å²) in [4.78, 5) is 28.5. The van der Waals surface area contributed by atoms with Crippen molar-refractivity contribution in [1.29, 1.82) is 0 Å². The lowest BCUT2D eigenvalue weighted by molar-refractivity contribution is -0.151. The van der Waals surface area contributed by atoms with Crippen LogP contribution < -0.4 is 15.0 Å². The van der Waals surface area contributed by atoms with Crippen LogP contribution in [0.4, 0.5) is 5.69 Å². The Kier molecular flexibility index (Phi) is 12.8. The molecule has 268 valence electrons. The van der Waals surface area contributed by atoms with Gasteiger partial charge in [0.1, 0.15) is 11.9 Å². The number of nitrogens with one attached hydrogen (secondary N) is 1. The Labute approximate surface area is 300 Å². The summed E-state index contributed by atoms with van der Waals surface area (Å²) >= 11 is 11.9. The predicted octanol–water partition coefficient (Wildman–Crippen LogP) is 9.17. The van der Waals surface area contributed by atoms with Crippen molar-refractivity contribution in [2.24, 2.45) is 40.4 Å². The summed E-state index contributed by atoms with van der Waals surface area (Å²) in [7, 11) is 0. The summed E-state index contributed by atoms with van der Waals surface area (Å²) < 4.78 is 11.9. The Morgan fingerprint density at radius 3 is 2.40 bits per heavy atom. The first-order valence-electron chi connectivity index (χ1n) is 18.8. The second-order valence-corrected chi connectivity index (χ2v) is 16.9. The van der Waals surface area contributed by atoms with Crippen molar-refractivity contribution in [3.63, 3.8) is 0 Å². The molecule has 3 aliphatic carbocycles. The first-order valence-corrected chi connectivity index (χ1v) is 19.9. The number of carbonyl (C=O) groups is 2. The summed E-state index contributed by atoms with van der Waals surface area (Å²) in [5.74, 6) is 4.76. The minimum Gasteiger partial charge on any atom is -0.493 e. The van der Waals surface area contributed by atoms with Crippen molar-refractivity contribution in [2.75, 3.05) is 36.4 Å². The van der Waals surface area contributed by atoms with Crippen LogP contribution in [0.15, 0.2) is 35.9 Å². The van der Waals surface area contributed by atoms with Gasteiger partial charge in [-0.15, -0.1) is 23.2 Å². The van der Waals surface area contributed by atoms with E-state index in [1.807, 2.05) is 30.3 Å². The van der Waals surface area contributed by atoms with Crippen LogP contribution >= 0.6 is 23.2 Å². The number of ether oxygens (including phenoxy) is 2. The number of carbonyl (C=O) groups excluding carboxylic acids is 2. The third-order valence-electron chi connectivity index (χ3n) is 12.9. The number of halogens is 2. The highest BCUT2D eigenvalue weighted by molar-refractivity contribution is 6.18. The lowest BCUT2D eigenvalue weighted by Gasteiger charge is -2.55. The third kappa shape index (κ3) is 8.33. The van der Waals surface area contributed by atoms with Crippen LogP contribution in [-0.4, -0.2) is 55.5 Å². The molecule has 1 unspecified atom stereocenters. The fourth-order valence-electron chi connectivity index (χ4n) is 10.2. The van der Waals surface area contributed by atoms with Gasteiger partial charge in [0.15, 0.2) is 0 Å². The number of alkyl halides is 2. The number of benzene rings is 1. The summed E-state index contributed by atoms with van der Waals surface area (Å²) in [6, 6.07) is 8.00. The molecule has 3 saturated carbocycles. The van der Waals surface area contributed by atoms with E-state index in [-0.39, 0.29) is 47.9 Å². The van der Waals surface area contributed by atoms with Crippen LogP contribution in [0.1, 0.15) is 105 Å². The largest absolute Gasteiger partial charge is 0.493 e. The van der Waals surface area contributed by atoms with E-state index in [0.29, 0.717) is 35.8 Å². The molecule has 0 saturated heterocycles. The second-order valence-electron chi connectivity index (χ2n) is 16.2. The van der Waals surface area contributed by atoms with E-state index in [1.54, 1.807) is 0 Å². The average molecular weight is 704 g/mol. The van der Waals surface area contributed by atoms with E-state index in [1.165, 1.54) is 44.1 Å². The number of amides is 1. The number of nitrogens with zero attached hydrogens (tertiary/aromatic N) is 1. The van der Waals surface area contributed by atoms with Gasteiger partial charge in [0.05, 0.1) is 13.0 Å². The summed E-state index contributed by atoms with van der Waals surface area (Å²) in [6.45, 7) is 13.8. The predicted molar refractivity (Wildman–Crippen MR) is 197 cm³/mol. The van der Waals surface area contributed by atoms with Gasteiger partial charge in [-0.3, -0.25) is 9.59 Å². The number of hydrogen-bond acceptors (Lipinski definition) is 5. The number of hydrogen-bond donors (Lipinski definition) is 1. The molecule has 0 spiro atoms. The molecule has 0 radical (unpaired) electrons. The van der Waals surface area contributed by atoms with E-state index in [2.05, 4.69) is 44.8 Å². The molecule has 1 aromatic carbocycles. The Hall–Kier alpha value is -1.92. The van der Waals surface area contributed by atoms with Gasteiger partial charge in [-0.2, -0.15) is 0 Å². The fourth-order valence-corrected chi connectivity index (χ4v) is 10.6. The van der Waals surface area contributed by atoms with E-state index in [0.717, 1.165) is 55.8 Å². The highest BCUT2D eigenvalue weighted by Gasteiger charge is 2.59. The van der Waals surface area contributed by atoms with Crippen LogP contribution in [0.3, 0.4) is 0 Å². The van der Waals surface area contributed by atoms with Crippen LogP contribution in [0.2, 0.25) is 0 Å². The molecule has 1 heterocycles. The number of fused-ring (bicyclic) bond motifs is 5. The van der Waals surface area contributed by atoms with Crippen molar-refractivity contribution < 1.29 is 19.1 Å². The van der Waals surface area contributed by atoms with Gasteiger partial charge in [-0.1, -0.05) is 59.5 Å². The molecule has 48 heavy (non-hydrogen) atoms. The van der Waals surface area contributed by atoms with Crippen LogP contribution in [-0.2, 0) is 14.3 Å². The molecular formula is C40H60Cl2N2O4. The van der Waals surface area contributed by atoms with Crippen LogP contribution in [0, 0.1) is 40.4 Å². The Morgan fingerprint density at radius 1 is 0.979 bits per heavy atom. The van der Waals surface area contributed by atoms with Gasteiger partial charge in [0, 0.05) is 49.1 Å². The molecule has 5 rings (SSSR count). The minimum absolute atomic E-state index is 0.0428. The molecule has 0 aromatic heterocycles. The van der Waals surface area contributed by atoms with Crippen molar-refractivity contribution in [2.45, 2.75) is 117 Å². The van der Waals surface area contributed by atoms with Crippen molar-refractivity contribution in [3.05, 3.63) is 35.9 Å². The molecule has 0 bridgehead atoms. The lowest BCUT2D eigenvalue weighted by Crippen LogP contribution is -2.56. The topological polar surface area (TPSA) is 67.9 Å². The van der Waals surface area contributed by atoms with Crippen molar-refractivity contribution in [3.8, 4) is 5.75 Å². The van der Waals surface area contributed by atoms with Gasteiger partial charge in [-0.05, 0) is 103 Å². The van der Waals surface area contributed by atoms with E-state index < -0.39 is 0 Å². The Morgan fingerprint density at radius 2 is 1.71 bits per heavy atom. The van der Waals surface area contributed by atoms with Gasteiger partial charge in [0.2, 0.25) is 5.91 Å². The third-order valence-corrected chi connectivity index (χ3v) is 13.2. The molecule has 3 fully saturated rings. The summed E-state index contributed by atoms with van der Waals surface area (Å²) in [5, 5.41) is 3.54. The van der Waals surface area contributed by atoms with E-state index >= 15 is 0 Å². The van der Waals surface area contributed by atoms with Gasteiger partial charge < -0.3 is 19.7 Å².